The molecule has 0 atom stereocenters. The molecular formula is C14H20N4O2. The molecule has 6 nitrogen and oxygen atoms in total. The molecule has 0 bridgehead atoms. The summed E-state index contributed by atoms with van der Waals surface area (Å²) in [5, 5.41) is 5.39. The van der Waals surface area contributed by atoms with Crippen molar-refractivity contribution in [3.63, 3.8) is 0 Å². The van der Waals surface area contributed by atoms with Gasteiger partial charge in [0.05, 0.1) is 6.54 Å². The number of carbonyl (C=O) groups is 2. The van der Waals surface area contributed by atoms with Crippen molar-refractivity contribution in [3.8, 4) is 0 Å². The number of hydrogen-bond acceptors (Lipinski definition) is 4. The van der Waals surface area contributed by atoms with Gasteiger partial charge in [0.15, 0.2) is 0 Å². The van der Waals surface area contributed by atoms with Crippen LogP contribution in [0.5, 0.6) is 0 Å². The van der Waals surface area contributed by atoms with Crippen LogP contribution in [0.1, 0.15) is 18.4 Å². The molecule has 0 saturated heterocycles. The van der Waals surface area contributed by atoms with Gasteiger partial charge in [-0.05, 0) is 24.5 Å². The third-order valence-corrected chi connectivity index (χ3v) is 3.13. The highest BCUT2D eigenvalue weighted by atomic mass is 16.2. The lowest BCUT2D eigenvalue weighted by molar-refractivity contribution is -0.126. The van der Waals surface area contributed by atoms with E-state index in [1.807, 2.05) is 31.1 Å². The van der Waals surface area contributed by atoms with Crippen molar-refractivity contribution in [1.29, 1.82) is 0 Å². The van der Waals surface area contributed by atoms with E-state index < -0.39 is 0 Å². The summed E-state index contributed by atoms with van der Waals surface area (Å²) in [7, 11) is 3.85. The maximum absolute atomic E-state index is 11.6. The summed E-state index contributed by atoms with van der Waals surface area (Å²) in [5.41, 5.74) is 0.928. The van der Waals surface area contributed by atoms with Crippen LogP contribution < -0.4 is 15.5 Å². The number of aromatic nitrogens is 1. The topological polar surface area (TPSA) is 74.3 Å². The lowest BCUT2D eigenvalue weighted by Crippen LogP contribution is -2.37. The van der Waals surface area contributed by atoms with Crippen molar-refractivity contribution in [1.82, 2.24) is 15.6 Å². The van der Waals surface area contributed by atoms with Crippen molar-refractivity contribution in [2.24, 2.45) is 5.92 Å². The standard InChI is InChI=1S/C14H20N4O2/c1-18(2)12-6-3-10(7-15-12)8-16-13(19)9-17-14(20)11-4-5-11/h3,6-7,11H,4-5,8-9H2,1-2H3,(H,16,19)(H,17,20). The molecule has 0 aromatic carbocycles. The largest absolute Gasteiger partial charge is 0.363 e. The summed E-state index contributed by atoms with van der Waals surface area (Å²) in [6.45, 7) is 0.456. The Morgan fingerprint density at radius 2 is 2.05 bits per heavy atom. The molecule has 0 radical (unpaired) electrons. The van der Waals surface area contributed by atoms with E-state index in [4.69, 9.17) is 0 Å². The van der Waals surface area contributed by atoms with Crippen molar-refractivity contribution >= 4 is 17.6 Å². The van der Waals surface area contributed by atoms with Crippen LogP contribution in [0.15, 0.2) is 18.3 Å². The number of rotatable bonds is 6. The molecule has 1 aliphatic carbocycles. The molecule has 1 heterocycles. The van der Waals surface area contributed by atoms with Gasteiger partial charge in [0.2, 0.25) is 11.8 Å². The fourth-order valence-corrected chi connectivity index (χ4v) is 1.71. The van der Waals surface area contributed by atoms with Crippen LogP contribution >= 0.6 is 0 Å². The Labute approximate surface area is 118 Å². The zero-order valence-electron chi connectivity index (χ0n) is 11.8. The van der Waals surface area contributed by atoms with E-state index >= 15 is 0 Å². The van der Waals surface area contributed by atoms with E-state index in [-0.39, 0.29) is 24.3 Å². The van der Waals surface area contributed by atoms with Crippen molar-refractivity contribution in [3.05, 3.63) is 23.9 Å². The SMILES string of the molecule is CN(C)c1ccc(CNC(=O)CNC(=O)C2CC2)cn1. The molecule has 2 amide bonds. The smallest absolute Gasteiger partial charge is 0.239 e. The molecule has 1 fully saturated rings. The highest BCUT2D eigenvalue weighted by molar-refractivity contribution is 5.86. The fourth-order valence-electron chi connectivity index (χ4n) is 1.71. The summed E-state index contributed by atoms with van der Waals surface area (Å²) < 4.78 is 0. The van der Waals surface area contributed by atoms with Crippen LogP contribution in [0, 0.1) is 5.92 Å². The second-order valence-electron chi connectivity index (χ2n) is 5.19. The number of nitrogens with one attached hydrogen (secondary N) is 2. The Morgan fingerprint density at radius 1 is 1.30 bits per heavy atom. The number of carbonyl (C=O) groups excluding carboxylic acids is 2. The second kappa shape index (κ2) is 6.36. The molecule has 1 saturated carbocycles. The molecule has 108 valence electrons. The van der Waals surface area contributed by atoms with Crippen LogP contribution in [-0.2, 0) is 16.1 Å². The summed E-state index contributed by atoms with van der Waals surface area (Å²) >= 11 is 0. The average molecular weight is 276 g/mol. The molecule has 1 aromatic heterocycles. The first-order valence-electron chi connectivity index (χ1n) is 6.73. The fraction of sp³-hybridized carbons (Fsp3) is 0.500. The summed E-state index contributed by atoms with van der Waals surface area (Å²) in [4.78, 5) is 29.1. The maximum atomic E-state index is 11.6. The van der Waals surface area contributed by atoms with Crippen LogP contribution in [0.2, 0.25) is 0 Å². The normalized spacial score (nSPS) is 13.7. The predicted octanol–water partition coefficient (Wildman–Crippen LogP) is 0.290. The van der Waals surface area contributed by atoms with Crippen LogP contribution in [-0.4, -0.2) is 37.4 Å². The van der Waals surface area contributed by atoms with E-state index in [9.17, 15) is 9.59 Å². The Kier molecular flexibility index (Phi) is 4.55. The number of nitrogens with zero attached hydrogens (tertiary/aromatic N) is 2. The number of anilines is 1. The second-order valence-corrected chi connectivity index (χ2v) is 5.19. The van der Waals surface area contributed by atoms with Gasteiger partial charge in [-0.3, -0.25) is 9.59 Å². The molecular weight excluding hydrogens is 256 g/mol. The first-order chi connectivity index (χ1) is 9.56. The zero-order chi connectivity index (χ0) is 14.5. The first-order valence-corrected chi connectivity index (χ1v) is 6.73. The van der Waals surface area contributed by atoms with Gasteiger partial charge >= 0.3 is 0 Å². The first kappa shape index (κ1) is 14.3. The summed E-state index contributed by atoms with van der Waals surface area (Å²) in [6.07, 6.45) is 3.62. The summed E-state index contributed by atoms with van der Waals surface area (Å²) in [5.74, 6) is 0.801. The minimum atomic E-state index is -0.185. The number of amides is 2. The van der Waals surface area contributed by atoms with E-state index in [0.717, 1.165) is 24.2 Å². The highest BCUT2D eigenvalue weighted by Crippen LogP contribution is 2.28. The third-order valence-electron chi connectivity index (χ3n) is 3.13. The quantitative estimate of drug-likeness (QED) is 0.783. The van der Waals surface area contributed by atoms with Crippen LogP contribution in [0.3, 0.4) is 0 Å². The monoisotopic (exact) mass is 276 g/mol. The Bertz CT molecular complexity index is 480. The lowest BCUT2D eigenvalue weighted by atomic mass is 10.2. The van der Waals surface area contributed by atoms with Gasteiger partial charge in [-0.1, -0.05) is 6.07 Å². The van der Waals surface area contributed by atoms with Crippen LogP contribution in [0.25, 0.3) is 0 Å². The molecule has 2 rings (SSSR count). The van der Waals surface area contributed by atoms with E-state index in [1.165, 1.54) is 0 Å². The van der Waals surface area contributed by atoms with Gasteiger partial charge in [0.25, 0.3) is 0 Å². The average Bonchev–Trinajstić information content (AvgIpc) is 3.27. The van der Waals surface area contributed by atoms with Gasteiger partial charge in [-0.25, -0.2) is 4.98 Å². The molecule has 0 spiro atoms. The van der Waals surface area contributed by atoms with Crippen molar-refractivity contribution in [2.75, 3.05) is 25.5 Å². The Balaban J connectivity index is 1.70. The lowest BCUT2D eigenvalue weighted by Gasteiger charge is -2.11. The van der Waals surface area contributed by atoms with Gasteiger partial charge in [-0.15, -0.1) is 0 Å². The van der Waals surface area contributed by atoms with E-state index in [1.54, 1.807) is 6.20 Å². The molecule has 2 N–H and O–H groups in total. The summed E-state index contributed by atoms with van der Waals surface area (Å²) in [6, 6.07) is 3.82. The van der Waals surface area contributed by atoms with Gasteiger partial charge < -0.3 is 15.5 Å². The maximum Gasteiger partial charge on any atom is 0.239 e. The van der Waals surface area contributed by atoms with Crippen LogP contribution in [0.4, 0.5) is 5.82 Å². The molecule has 6 heteroatoms. The molecule has 1 aliphatic rings. The van der Waals surface area contributed by atoms with Gasteiger partial charge in [0.1, 0.15) is 5.82 Å². The predicted molar refractivity (Wildman–Crippen MR) is 76.1 cm³/mol. The zero-order valence-corrected chi connectivity index (χ0v) is 11.8. The van der Waals surface area contributed by atoms with Gasteiger partial charge in [0, 0.05) is 32.8 Å². The van der Waals surface area contributed by atoms with Gasteiger partial charge in [-0.2, -0.15) is 0 Å². The van der Waals surface area contributed by atoms with E-state index in [0.29, 0.717) is 6.54 Å². The minimum absolute atomic E-state index is 0.0165. The molecule has 20 heavy (non-hydrogen) atoms. The van der Waals surface area contributed by atoms with Crippen molar-refractivity contribution in [2.45, 2.75) is 19.4 Å². The molecule has 0 aliphatic heterocycles. The molecule has 0 unspecified atom stereocenters. The molecule has 1 aromatic rings. The van der Waals surface area contributed by atoms with Crippen molar-refractivity contribution < 1.29 is 9.59 Å². The minimum Gasteiger partial charge on any atom is -0.363 e. The Hall–Kier alpha value is -2.11. The van der Waals surface area contributed by atoms with E-state index in [2.05, 4.69) is 15.6 Å². The number of hydrogen-bond donors (Lipinski definition) is 2. The third kappa shape index (κ3) is 4.22. The highest BCUT2D eigenvalue weighted by Gasteiger charge is 2.29. The number of pyridine rings is 1. The Morgan fingerprint density at radius 3 is 2.60 bits per heavy atom.